The average Bonchev–Trinajstić information content (AvgIpc) is 3.58. The first-order valence-electron chi connectivity index (χ1n) is 16.8. The van der Waals surface area contributed by atoms with Gasteiger partial charge in [-0.2, -0.15) is 0 Å². The van der Waals surface area contributed by atoms with Crippen LogP contribution in [0, 0.1) is 19.1 Å². The van der Waals surface area contributed by atoms with Crippen molar-refractivity contribution in [2.45, 2.75) is 38.8 Å². The van der Waals surface area contributed by atoms with E-state index in [0.29, 0.717) is 57.3 Å². The molecular weight excluding hydrogens is 660 g/mol. The summed E-state index contributed by atoms with van der Waals surface area (Å²) in [4.78, 5) is 54.7. The van der Waals surface area contributed by atoms with Gasteiger partial charge in [-0.25, -0.2) is 14.3 Å². The molecule has 51 heavy (non-hydrogen) atoms. The van der Waals surface area contributed by atoms with Crippen molar-refractivity contribution in [3.8, 4) is 5.75 Å². The fraction of sp³-hybridized carbons (Fsp3) is 0.444. The average molecular weight is 703 g/mol. The normalized spacial score (nSPS) is 14.4. The Labute approximate surface area is 295 Å². The first-order chi connectivity index (χ1) is 24.8. The Morgan fingerprint density at radius 3 is 2.67 bits per heavy atom. The highest BCUT2D eigenvalue weighted by Gasteiger charge is 2.34. The molecule has 1 aliphatic rings. The highest BCUT2D eigenvalue weighted by Crippen LogP contribution is 2.23. The second-order valence-corrected chi connectivity index (χ2v) is 12.0. The monoisotopic (exact) mass is 702 g/mol. The quantitative estimate of drug-likeness (QED) is 0.126. The number of nitrogens with one attached hydrogen (secondary N) is 1. The number of hydrogen-bond donors (Lipinski definition) is 1. The largest absolute Gasteiger partial charge is 0.423 e. The Balaban J connectivity index is 1.16. The van der Waals surface area contributed by atoms with E-state index in [4.69, 9.17) is 23.4 Å². The topological polar surface area (TPSA) is 168 Å². The molecule has 1 unspecified atom stereocenters. The highest BCUT2D eigenvalue weighted by atomic mass is 16.6. The number of benzene rings is 1. The van der Waals surface area contributed by atoms with Crippen molar-refractivity contribution in [1.29, 1.82) is 0 Å². The number of amides is 3. The predicted octanol–water partition coefficient (Wildman–Crippen LogP) is 1.98. The summed E-state index contributed by atoms with van der Waals surface area (Å²) >= 11 is 0. The minimum Gasteiger partial charge on any atom is -0.423 e. The molecule has 4 aromatic rings. The van der Waals surface area contributed by atoms with Crippen LogP contribution in [0.1, 0.15) is 23.2 Å². The SMILES string of the molecule is COCCOCCOCCn1cc(CCC(=O)N2CCN(C(=O)Oc3ccc4c(C)cc(=O)oc4c3)C(CNC(=O)Cc3cc#ccc3)C2)nn1. The van der Waals surface area contributed by atoms with Gasteiger partial charge in [-0.15, -0.1) is 5.10 Å². The van der Waals surface area contributed by atoms with Crippen LogP contribution in [0.2, 0.25) is 0 Å². The van der Waals surface area contributed by atoms with Gasteiger partial charge < -0.3 is 33.6 Å². The lowest BCUT2D eigenvalue weighted by molar-refractivity contribution is -0.133. The minimum atomic E-state index is -0.650. The van der Waals surface area contributed by atoms with Crippen LogP contribution in [0.3, 0.4) is 0 Å². The number of aryl methyl sites for hydroxylation is 2. The zero-order chi connectivity index (χ0) is 36.0. The number of nitrogens with zero attached hydrogens (tertiary/aromatic N) is 5. The molecule has 270 valence electrons. The molecule has 1 N–H and O–H groups in total. The van der Waals surface area contributed by atoms with Gasteiger partial charge in [0.1, 0.15) is 11.3 Å². The number of carbonyl (C=O) groups excluding carboxylic acids is 3. The van der Waals surface area contributed by atoms with Crippen LogP contribution in [0.25, 0.3) is 11.0 Å². The van der Waals surface area contributed by atoms with Crippen molar-refractivity contribution in [1.82, 2.24) is 30.1 Å². The first kappa shape index (κ1) is 37.0. The summed E-state index contributed by atoms with van der Waals surface area (Å²) < 4.78 is 28.5. The molecule has 1 saturated heterocycles. The Hall–Kier alpha value is -5.30. The molecule has 15 nitrogen and oxygen atoms in total. The van der Waals surface area contributed by atoms with Gasteiger partial charge in [0.25, 0.3) is 0 Å². The Morgan fingerprint density at radius 1 is 1.04 bits per heavy atom. The molecule has 1 fully saturated rings. The lowest BCUT2D eigenvalue weighted by Crippen LogP contribution is -2.60. The highest BCUT2D eigenvalue weighted by molar-refractivity contribution is 5.83. The van der Waals surface area contributed by atoms with Crippen molar-refractivity contribution in [3.05, 3.63) is 88.0 Å². The van der Waals surface area contributed by atoms with Crippen molar-refractivity contribution < 1.29 is 37.7 Å². The minimum absolute atomic E-state index is 0.0991. The van der Waals surface area contributed by atoms with E-state index < -0.39 is 17.8 Å². The third kappa shape index (κ3) is 11.1. The molecule has 0 spiro atoms. The molecule has 3 heterocycles. The molecular formula is C36H42N6O9. The molecule has 0 aliphatic carbocycles. The van der Waals surface area contributed by atoms with Gasteiger partial charge in [0.15, 0.2) is 0 Å². The fourth-order valence-corrected chi connectivity index (χ4v) is 5.57. The Kier molecular flexibility index (Phi) is 13.5. The van der Waals surface area contributed by atoms with E-state index in [1.54, 1.807) is 60.1 Å². The maximum Gasteiger partial charge on any atom is 0.415 e. The lowest BCUT2D eigenvalue weighted by atomic mass is 10.1. The van der Waals surface area contributed by atoms with Gasteiger partial charge in [0.05, 0.1) is 57.7 Å². The lowest BCUT2D eigenvalue weighted by Gasteiger charge is -2.40. The van der Waals surface area contributed by atoms with Crippen LogP contribution >= 0.6 is 0 Å². The second-order valence-electron chi connectivity index (χ2n) is 12.0. The number of fused-ring (bicyclic) bond motifs is 1. The van der Waals surface area contributed by atoms with Crippen LogP contribution in [-0.4, -0.2) is 115 Å². The standard InChI is InChI=1S/C36H42N6O9/c1-26-20-35(45)51-32-22-30(9-10-31(26)32)50-36(46)42-13-12-40(25-29(42)23-37-33(43)21-27-6-4-3-5-7-27)34(44)11-8-28-24-41(39-38-28)14-15-48-18-19-49-17-16-47-2/h4,6-7,9-10,20,22,24,29H,8,11-19,21,23,25H2,1-2H3,(H,37,43). The Morgan fingerprint density at radius 2 is 1.86 bits per heavy atom. The zero-order valence-corrected chi connectivity index (χ0v) is 28.8. The molecule has 1 aliphatic heterocycles. The van der Waals surface area contributed by atoms with Gasteiger partial charge in [-0.1, -0.05) is 17.3 Å². The summed E-state index contributed by atoms with van der Waals surface area (Å²) in [6, 6.07) is 16.5. The van der Waals surface area contributed by atoms with Crippen LogP contribution < -0.4 is 15.7 Å². The van der Waals surface area contributed by atoms with E-state index in [2.05, 4.69) is 27.8 Å². The molecule has 2 aromatic carbocycles. The number of carbonyl (C=O) groups is 3. The summed E-state index contributed by atoms with van der Waals surface area (Å²) in [5.41, 5.74) is 1.99. The molecule has 15 heteroatoms. The molecule has 1 atom stereocenters. The number of rotatable bonds is 17. The summed E-state index contributed by atoms with van der Waals surface area (Å²) in [6.45, 7) is 5.50. The predicted molar refractivity (Wildman–Crippen MR) is 183 cm³/mol. The molecule has 0 radical (unpaired) electrons. The molecule has 5 rings (SSSR count). The van der Waals surface area contributed by atoms with Crippen LogP contribution in [0.4, 0.5) is 4.79 Å². The second kappa shape index (κ2) is 18.6. The van der Waals surface area contributed by atoms with E-state index in [1.165, 1.54) is 17.0 Å². The molecule has 3 amide bonds. The van der Waals surface area contributed by atoms with Crippen LogP contribution in [0.15, 0.2) is 57.9 Å². The third-order valence-electron chi connectivity index (χ3n) is 8.27. The van der Waals surface area contributed by atoms with Crippen LogP contribution in [-0.2, 0) is 43.2 Å². The zero-order valence-electron chi connectivity index (χ0n) is 28.8. The maximum absolute atomic E-state index is 13.5. The van der Waals surface area contributed by atoms with Crippen molar-refractivity contribution in [2.75, 3.05) is 66.3 Å². The van der Waals surface area contributed by atoms with Crippen molar-refractivity contribution >= 4 is 28.9 Å². The van der Waals surface area contributed by atoms with Gasteiger partial charge in [0.2, 0.25) is 11.8 Å². The number of hydrogen-bond acceptors (Lipinski definition) is 11. The van der Waals surface area contributed by atoms with Crippen LogP contribution in [0.5, 0.6) is 5.75 Å². The summed E-state index contributed by atoms with van der Waals surface area (Å²) in [6.07, 6.45) is 1.85. The summed E-state index contributed by atoms with van der Waals surface area (Å²) in [7, 11) is 1.62. The number of aromatic nitrogens is 3. The van der Waals surface area contributed by atoms with E-state index in [9.17, 15) is 19.2 Å². The van der Waals surface area contributed by atoms with Crippen molar-refractivity contribution in [3.63, 3.8) is 0 Å². The molecule has 0 bridgehead atoms. The van der Waals surface area contributed by atoms with Gasteiger partial charge in [-0.3, -0.25) is 14.5 Å². The van der Waals surface area contributed by atoms with Gasteiger partial charge in [0, 0.05) is 69.8 Å². The van der Waals surface area contributed by atoms with Gasteiger partial charge >= 0.3 is 11.7 Å². The van der Waals surface area contributed by atoms with E-state index >= 15 is 0 Å². The molecule has 0 saturated carbocycles. The number of piperazine rings is 1. The number of methoxy groups -OCH3 is 1. The summed E-state index contributed by atoms with van der Waals surface area (Å²) in [5, 5.41) is 11.9. The van der Waals surface area contributed by atoms with E-state index in [-0.39, 0.29) is 56.6 Å². The van der Waals surface area contributed by atoms with Gasteiger partial charge in [-0.05, 0) is 48.4 Å². The smallest absolute Gasteiger partial charge is 0.415 e. The first-order valence-corrected chi connectivity index (χ1v) is 16.8. The Bertz CT molecular complexity index is 1810. The van der Waals surface area contributed by atoms with E-state index in [0.717, 1.165) is 16.5 Å². The summed E-state index contributed by atoms with van der Waals surface area (Å²) in [5.74, 6) is -0.150. The number of ether oxygens (including phenoxy) is 4. The fourth-order valence-electron chi connectivity index (χ4n) is 5.57. The third-order valence-corrected chi connectivity index (χ3v) is 8.27. The van der Waals surface area contributed by atoms with E-state index in [1.807, 2.05) is 0 Å². The van der Waals surface area contributed by atoms with Crippen molar-refractivity contribution in [2.24, 2.45) is 0 Å². The molecule has 2 aromatic heterocycles. The maximum atomic E-state index is 13.5.